The van der Waals surface area contributed by atoms with Crippen LogP contribution in [0.2, 0.25) is 0 Å². The van der Waals surface area contributed by atoms with Crippen molar-refractivity contribution >= 4 is 5.91 Å². The highest BCUT2D eigenvalue weighted by atomic mass is 19.4. The summed E-state index contributed by atoms with van der Waals surface area (Å²) in [6.45, 7) is 0. The first-order chi connectivity index (χ1) is 10.9. The summed E-state index contributed by atoms with van der Waals surface area (Å²) in [6, 6.07) is 10.0. The van der Waals surface area contributed by atoms with Gasteiger partial charge in [0.25, 0.3) is 5.91 Å². The van der Waals surface area contributed by atoms with Gasteiger partial charge in [0.1, 0.15) is 5.69 Å². The van der Waals surface area contributed by atoms with E-state index < -0.39 is 17.8 Å². The summed E-state index contributed by atoms with van der Waals surface area (Å²) < 4.78 is 37.4. The third-order valence-electron chi connectivity index (χ3n) is 4.00. The molecular weight excluding hydrogens is 305 g/mol. The van der Waals surface area contributed by atoms with Crippen LogP contribution in [0.3, 0.4) is 0 Å². The fourth-order valence-corrected chi connectivity index (χ4v) is 2.79. The Morgan fingerprint density at radius 2 is 1.87 bits per heavy atom. The SMILES string of the molecule is O=C(N[C@@H]1CCc2ccccc2C1)c1ccc(C(F)(F)F)nc1. The van der Waals surface area contributed by atoms with Crippen LogP contribution in [0.25, 0.3) is 0 Å². The number of nitrogens with zero attached hydrogens (tertiary/aromatic N) is 1. The Labute approximate surface area is 131 Å². The van der Waals surface area contributed by atoms with Crippen molar-refractivity contribution in [1.29, 1.82) is 0 Å². The van der Waals surface area contributed by atoms with Crippen LogP contribution in [0, 0.1) is 0 Å². The topological polar surface area (TPSA) is 42.0 Å². The van der Waals surface area contributed by atoms with Gasteiger partial charge in [-0.2, -0.15) is 13.2 Å². The normalized spacial score (nSPS) is 17.4. The molecule has 3 nitrogen and oxygen atoms in total. The molecule has 0 radical (unpaired) electrons. The summed E-state index contributed by atoms with van der Waals surface area (Å²) in [5.74, 6) is -0.393. The third kappa shape index (κ3) is 3.52. The summed E-state index contributed by atoms with van der Waals surface area (Å²) in [4.78, 5) is 15.5. The molecule has 1 atom stereocenters. The molecule has 1 aliphatic carbocycles. The van der Waals surface area contributed by atoms with Crippen molar-refractivity contribution in [3.63, 3.8) is 0 Å². The van der Waals surface area contributed by atoms with Gasteiger partial charge in [0.15, 0.2) is 0 Å². The average Bonchev–Trinajstić information content (AvgIpc) is 2.54. The first kappa shape index (κ1) is 15.5. The van der Waals surface area contributed by atoms with Crippen LogP contribution >= 0.6 is 0 Å². The molecule has 0 bridgehead atoms. The zero-order valence-corrected chi connectivity index (χ0v) is 12.2. The zero-order valence-electron chi connectivity index (χ0n) is 12.2. The maximum Gasteiger partial charge on any atom is 0.433 e. The Hall–Kier alpha value is -2.37. The van der Waals surface area contributed by atoms with E-state index in [0.29, 0.717) is 0 Å². The maximum atomic E-state index is 12.5. The first-order valence-corrected chi connectivity index (χ1v) is 7.34. The number of hydrogen-bond donors (Lipinski definition) is 1. The number of halogens is 3. The molecule has 6 heteroatoms. The van der Waals surface area contributed by atoms with Gasteiger partial charge in [-0.3, -0.25) is 9.78 Å². The standard InChI is InChI=1S/C17H15F3N2O/c18-17(19,20)15-8-6-13(10-21-15)16(23)22-14-7-5-11-3-1-2-4-12(11)9-14/h1-4,6,8,10,14H,5,7,9H2,(H,22,23)/t14-/m1/s1. The van der Waals surface area contributed by atoms with E-state index in [-0.39, 0.29) is 11.6 Å². The highest BCUT2D eigenvalue weighted by Crippen LogP contribution is 2.27. The summed E-state index contributed by atoms with van der Waals surface area (Å²) >= 11 is 0. The van der Waals surface area contributed by atoms with Crippen molar-refractivity contribution in [2.75, 3.05) is 0 Å². The van der Waals surface area contributed by atoms with Crippen LogP contribution in [0.15, 0.2) is 42.6 Å². The lowest BCUT2D eigenvalue weighted by molar-refractivity contribution is -0.141. The van der Waals surface area contributed by atoms with Crippen molar-refractivity contribution in [2.24, 2.45) is 0 Å². The van der Waals surface area contributed by atoms with Gasteiger partial charge in [-0.25, -0.2) is 0 Å². The Balaban J connectivity index is 1.66. The number of hydrogen-bond acceptors (Lipinski definition) is 2. The fraction of sp³-hybridized carbons (Fsp3) is 0.294. The van der Waals surface area contributed by atoms with Crippen molar-refractivity contribution in [3.05, 3.63) is 65.0 Å². The van der Waals surface area contributed by atoms with E-state index in [1.54, 1.807) is 0 Å². The smallest absolute Gasteiger partial charge is 0.349 e. The highest BCUT2D eigenvalue weighted by Gasteiger charge is 2.32. The van der Waals surface area contributed by atoms with Crippen molar-refractivity contribution in [2.45, 2.75) is 31.5 Å². The number of aryl methyl sites for hydroxylation is 1. The minimum atomic E-state index is -4.50. The van der Waals surface area contributed by atoms with Gasteiger partial charge in [-0.15, -0.1) is 0 Å². The second kappa shape index (κ2) is 6.02. The molecule has 0 aliphatic heterocycles. The first-order valence-electron chi connectivity index (χ1n) is 7.34. The molecule has 3 rings (SSSR count). The number of carbonyl (C=O) groups excluding carboxylic acids is 1. The molecular formula is C17H15F3N2O. The minimum absolute atomic E-state index is 0.0142. The van der Waals surface area contributed by atoms with E-state index in [1.165, 1.54) is 11.1 Å². The van der Waals surface area contributed by atoms with E-state index in [9.17, 15) is 18.0 Å². The number of benzene rings is 1. The molecule has 0 saturated heterocycles. The number of fused-ring (bicyclic) bond motifs is 1. The maximum absolute atomic E-state index is 12.5. The van der Waals surface area contributed by atoms with Gasteiger partial charge >= 0.3 is 6.18 Å². The second-order valence-corrected chi connectivity index (χ2v) is 5.61. The Morgan fingerprint density at radius 3 is 2.52 bits per heavy atom. The number of amides is 1. The number of pyridine rings is 1. The second-order valence-electron chi connectivity index (χ2n) is 5.61. The Bertz CT molecular complexity index is 711. The molecule has 1 N–H and O–H groups in total. The monoisotopic (exact) mass is 320 g/mol. The third-order valence-corrected chi connectivity index (χ3v) is 4.00. The van der Waals surface area contributed by atoms with E-state index in [2.05, 4.69) is 16.4 Å². The lowest BCUT2D eigenvalue weighted by Gasteiger charge is -2.25. The van der Waals surface area contributed by atoms with E-state index in [0.717, 1.165) is 37.6 Å². The van der Waals surface area contributed by atoms with Gasteiger partial charge in [-0.05, 0) is 42.5 Å². The van der Waals surface area contributed by atoms with Gasteiger partial charge in [0.05, 0.1) is 5.56 Å². The Kier molecular flexibility index (Phi) is 4.07. The number of carbonyl (C=O) groups is 1. The Morgan fingerprint density at radius 1 is 1.13 bits per heavy atom. The molecule has 0 unspecified atom stereocenters. The molecule has 23 heavy (non-hydrogen) atoms. The minimum Gasteiger partial charge on any atom is -0.349 e. The van der Waals surface area contributed by atoms with Gasteiger partial charge in [-0.1, -0.05) is 24.3 Å². The molecule has 2 aromatic rings. The van der Waals surface area contributed by atoms with E-state index in [1.807, 2.05) is 18.2 Å². The molecule has 0 spiro atoms. The molecule has 1 heterocycles. The fourth-order valence-electron chi connectivity index (χ4n) is 2.79. The van der Waals surface area contributed by atoms with Gasteiger partial charge in [0, 0.05) is 12.2 Å². The predicted molar refractivity (Wildman–Crippen MR) is 79.0 cm³/mol. The quantitative estimate of drug-likeness (QED) is 0.921. The molecule has 1 aromatic carbocycles. The number of aromatic nitrogens is 1. The molecule has 1 aliphatic rings. The highest BCUT2D eigenvalue weighted by molar-refractivity contribution is 5.94. The van der Waals surface area contributed by atoms with Crippen molar-refractivity contribution in [3.8, 4) is 0 Å². The van der Waals surface area contributed by atoms with Crippen LogP contribution in [-0.4, -0.2) is 16.9 Å². The lowest BCUT2D eigenvalue weighted by Crippen LogP contribution is -2.38. The van der Waals surface area contributed by atoms with E-state index in [4.69, 9.17) is 0 Å². The van der Waals surface area contributed by atoms with Gasteiger partial charge in [0.2, 0.25) is 0 Å². The zero-order chi connectivity index (χ0) is 16.4. The van der Waals surface area contributed by atoms with Crippen LogP contribution in [-0.2, 0) is 19.0 Å². The lowest BCUT2D eigenvalue weighted by atomic mass is 9.88. The largest absolute Gasteiger partial charge is 0.433 e. The van der Waals surface area contributed by atoms with Crippen LogP contribution < -0.4 is 5.32 Å². The summed E-state index contributed by atoms with van der Waals surface area (Å²) in [5, 5.41) is 2.87. The van der Waals surface area contributed by atoms with Crippen LogP contribution in [0.5, 0.6) is 0 Å². The molecule has 0 fully saturated rings. The van der Waals surface area contributed by atoms with Gasteiger partial charge < -0.3 is 5.32 Å². The number of rotatable bonds is 2. The summed E-state index contributed by atoms with van der Waals surface area (Å²) in [5.41, 5.74) is 1.63. The van der Waals surface area contributed by atoms with Crippen LogP contribution in [0.1, 0.15) is 33.6 Å². The molecule has 1 aromatic heterocycles. The number of alkyl halides is 3. The van der Waals surface area contributed by atoms with Crippen molar-refractivity contribution < 1.29 is 18.0 Å². The predicted octanol–water partition coefficient (Wildman–Crippen LogP) is 3.39. The molecule has 120 valence electrons. The van der Waals surface area contributed by atoms with Crippen LogP contribution in [0.4, 0.5) is 13.2 Å². The van der Waals surface area contributed by atoms with Crippen molar-refractivity contribution in [1.82, 2.24) is 10.3 Å². The summed E-state index contributed by atoms with van der Waals surface area (Å²) in [7, 11) is 0. The number of nitrogens with one attached hydrogen (secondary N) is 1. The molecule has 1 amide bonds. The average molecular weight is 320 g/mol. The summed E-state index contributed by atoms with van der Waals surface area (Å²) in [6.07, 6.45) is -1.10. The van der Waals surface area contributed by atoms with E-state index >= 15 is 0 Å². The molecule has 0 saturated carbocycles.